The molecule has 1 aromatic heterocycles. The fourth-order valence-corrected chi connectivity index (χ4v) is 15.1. The van der Waals surface area contributed by atoms with Crippen molar-refractivity contribution in [2.24, 2.45) is 0 Å². The first-order valence-corrected chi connectivity index (χ1v) is 27.5. The van der Waals surface area contributed by atoms with E-state index in [1.54, 1.807) is 0 Å². The fourth-order valence-electron chi connectivity index (χ4n) is 13.8. The summed E-state index contributed by atoms with van der Waals surface area (Å²) in [4.78, 5) is 5.43. The number of hydrogen-bond acceptors (Lipinski definition) is 3. The molecule has 70 heavy (non-hydrogen) atoms. The van der Waals surface area contributed by atoms with Gasteiger partial charge >= 0.3 is 0 Å². The first-order chi connectivity index (χ1) is 32.8. The molecule has 6 aromatic carbocycles. The number of nitrogens with zero attached hydrogens (tertiary/aromatic N) is 2. The lowest BCUT2D eigenvalue weighted by atomic mass is 9.33. The highest BCUT2D eigenvalue weighted by molar-refractivity contribution is 7.26. The summed E-state index contributed by atoms with van der Waals surface area (Å²) in [6, 6.07) is 44.3. The Morgan fingerprint density at radius 2 is 0.914 bits per heavy atom. The maximum absolute atomic E-state index is 2.74. The van der Waals surface area contributed by atoms with E-state index in [-0.39, 0.29) is 44.6 Å². The van der Waals surface area contributed by atoms with Gasteiger partial charge in [-0.05, 0) is 203 Å². The van der Waals surface area contributed by atoms with Crippen molar-refractivity contribution >= 4 is 78.0 Å². The Kier molecular flexibility index (Phi) is 9.72. The Bertz CT molecular complexity index is 3310. The molecule has 0 unspecified atom stereocenters. The number of thiophene rings is 1. The smallest absolute Gasteiger partial charge is 0.254 e. The van der Waals surface area contributed by atoms with Gasteiger partial charge in [0.15, 0.2) is 0 Å². The second-order valence-corrected chi connectivity index (χ2v) is 28.4. The third-order valence-electron chi connectivity index (χ3n) is 18.8. The topological polar surface area (TPSA) is 6.48 Å². The first kappa shape index (κ1) is 46.0. The molecule has 358 valence electrons. The molecule has 3 aliphatic carbocycles. The summed E-state index contributed by atoms with van der Waals surface area (Å²) in [7, 11) is 0. The Hall–Kier alpha value is -5.06. The van der Waals surface area contributed by atoms with Crippen LogP contribution in [0.2, 0.25) is 0 Å². The van der Waals surface area contributed by atoms with Gasteiger partial charge < -0.3 is 9.80 Å². The maximum Gasteiger partial charge on any atom is 0.254 e. The van der Waals surface area contributed by atoms with Gasteiger partial charge in [0, 0.05) is 33.1 Å². The zero-order valence-electron chi connectivity index (χ0n) is 45.0. The Labute approximate surface area is 425 Å². The lowest BCUT2D eigenvalue weighted by Gasteiger charge is -2.47. The van der Waals surface area contributed by atoms with Crippen LogP contribution in [-0.4, -0.2) is 6.71 Å². The van der Waals surface area contributed by atoms with Crippen molar-refractivity contribution in [1.29, 1.82) is 0 Å². The molecule has 2 aliphatic heterocycles. The van der Waals surface area contributed by atoms with Gasteiger partial charge in [0.25, 0.3) is 6.71 Å². The van der Waals surface area contributed by atoms with Gasteiger partial charge in [-0.1, -0.05) is 158 Å². The molecule has 0 spiro atoms. The molecule has 0 fully saturated rings. The number of hydrogen-bond donors (Lipinski definition) is 0. The summed E-state index contributed by atoms with van der Waals surface area (Å²) in [5, 5.41) is 2.80. The molecule has 7 aromatic rings. The molecule has 0 amide bonds. The van der Waals surface area contributed by atoms with Gasteiger partial charge in [0.1, 0.15) is 0 Å². The van der Waals surface area contributed by atoms with Crippen LogP contribution in [0, 0.1) is 0 Å². The predicted molar refractivity (Wildman–Crippen MR) is 306 cm³/mol. The number of rotatable bonds is 3. The highest BCUT2D eigenvalue weighted by atomic mass is 32.1. The molecule has 0 saturated carbocycles. The molecule has 2 nitrogen and oxygen atoms in total. The van der Waals surface area contributed by atoms with E-state index in [1.165, 1.54) is 149 Å². The van der Waals surface area contributed by atoms with E-state index in [4.69, 9.17) is 0 Å². The molecule has 5 aliphatic rings. The van der Waals surface area contributed by atoms with Crippen molar-refractivity contribution in [1.82, 2.24) is 0 Å². The molecule has 3 heterocycles. The van der Waals surface area contributed by atoms with E-state index in [1.807, 2.05) is 11.3 Å². The van der Waals surface area contributed by atoms with E-state index in [2.05, 4.69) is 223 Å². The van der Waals surface area contributed by atoms with E-state index in [9.17, 15) is 0 Å². The monoisotopic (exact) mass is 939 g/mol. The van der Waals surface area contributed by atoms with Gasteiger partial charge in [-0.25, -0.2) is 0 Å². The average molecular weight is 939 g/mol. The molecule has 0 N–H and O–H groups in total. The molecule has 0 atom stereocenters. The molecular formula is C66H75BN2S. The van der Waals surface area contributed by atoms with Crippen LogP contribution in [0.25, 0.3) is 21.2 Å². The van der Waals surface area contributed by atoms with Gasteiger partial charge in [-0.15, -0.1) is 11.3 Å². The minimum absolute atomic E-state index is 0.0341. The highest BCUT2D eigenvalue weighted by Gasteiger charge is 2.49. The van der Waals surface area contributed by atoms with Gasteiger partial charge in [-0.3, -0.25) is 0 Å². The standard InChI is InChI=1S/C66H75BN2S/c1-60(2,3)42-21-23-43(24-22-42)69-55-34-41(40-19-17-16-18-20-40)33-54-58(55)67(57-45-36-48-51(39-56(45)70-59(57)69)66(14,15)32-29-63(48,8)9)52-37-49-50(65(12,13)31-30-64(49,10)11)38-53(52)68(54)44-25-26-46-47(35-44)62(6,7)28-27-61(46,4)5/h16-26,33-39H,27-32H2,1-15H3. The summed E-state index contributed by atoms with van der Waals surface area (Å²) in [5.74, 6) is 0. The minimum atomic E-state index is 0.0341. The SMILES string of the molecule is CC(C)(C)c1ccc(N2c3cc(-c4ccccc4)cc4c3B(c3cc5c(cc3N4c3ccc4c(c3)C(C)(C)CCC4(C)C)C(C)(C)CCC5(C)C)c3c2sc2cc4c(cc32)C(C)(C)CCC4(C)C)cc1. The van der Waals surface area contributed by atoms with Gasteiger partial charge in [-0.2, -0.15) is 0 Å². The van der Waals surface area contributed by atoms with Crippen molar-refractivity contribution in [3.63, 3.8) is 0 Å². The lowest BCUT2D eigenvalue weighted by molar-refractivity contribution is 0.332. The van der Waals surface area contributed by atoms with Gasteiger partial charge in [0.2, 0.25) is 0 Å². The van der Waals surface area contributed by atoms with Crippen molar-refractivity contribution in [3.8, 4) is 11.1 Å². The van der Waals surface area contributed by atoms with Crippen LogP contribution in [0.3, 0.4) is 0 Å². The van der Waals surface area contributed by atoms with E-state index >= 15 is 0 Å². The van der Waals surface area contributed by atoms with E-state index < -0.39 is 0 Å². The van der Waals surface area contributed by atoms with Crippen LogP contribution in [0.1, 0.15) is 181 Å². The average Bonchev–Trinajstić information content (AvgIpc) is 3.68. The molecule has 0 saturated heterocycles. The Morgan fingerprint density at radius 3 is 1.49 bits per heavy atom. The van der Waals surface area contributed by atoms with Crippen LogP contribution < -0.4 is 26.2 Å². The van der Waals surface area contributed by atoms with Crippen LogP contribution in [-0.2, 0) is 37.9 Å². The van der Waals surface area contributed by atoms with Crippen molar-refractivity contribution in [3.05, 3.63) is 148 Å². The molecule has 12 rings (SSSR count). The molecule has 0 bridgehead atoms. The van der Waals surface area contributed by atoms with Crippen molar-refractivity contribution in [2.45, 2.75) is 180 Å². The van der Waals surface area contributed by atoms with Crippen LogP contribution in [0.4, 0.5) is 33.4 Å². The Morgan fingerprint density at radius 1 is 0.429 bits per heavy atom. The summed E-state index contributed by atoms with van der Waals surface area (Å²) >= 11 is 2.03. The number of anilines is 6. The molecule has 0 radical (unpaired) electrons. The summed E-state index contributed by atoms with van der Waals surface area (Å²) in [5.41, 5.74) is 24.3. The van der Waals surface area contributed by atoms with E-state index in [0.29, 0.717) is 0 Å². The zero-order chi connectivity index (χ0) is 49.5. The van der Waals surface area contributed by atoms with E-state index in [0.717, 1.165) is 0 Å². The van der Waals surface area contributed by atoms with Crippen LogP contribution in [0.15, 0.2) is 109 Å². The highest BCUT2D eigenvalue weighted by Crippen LogP contribution is 2.55. The second-order valence-electron chi connectivity index (χ2n) is 27.4. The number of benzene rings is 6. The summed E-state index contributed by atoms with van der Waals surface area (Å²) in [6.07, 6.45) is 7.13. The third kappa shape index (κ3) is 6.77. The number of fused-ring (bicyclic) bond motifs is 9. The summed E-state index contributed by atoms with van der Waals surface area (Å²) < 4.78 is 1.41. The Balaban J connectivity index is 1.25. The zero-order valence-corrected chi connectivity index (χ0v) is 45.8. The third-order valence-corrected chi connectivity index (χ3v) is 20.0. The predicted octanol–water partition coefficient (Wildman–Crippen LogP) is 17.0. The largest absolute Gasteiger partial charge is 0.311 e. The van der Waals surface area contributed by atoms with Crippen LogP contribution >= 0.6 is 11.3 Å². The summed E-state index contributed by atoms with van der Waals surface area (Å²) in [6.45, 7) is 36.9. The minimum Gasteiger partial charge on any atom is -0.311 e. The fraction of sp³-hybridized carbons (Fsp3) is 0.424. The normalized spacial score (nSPS) is 20.5. The van der Waals surface area contributed by atoms with Crippen molar-refractivity contribution in [2.75, 3.05) is 9.80 Å². The maximum atomic E-state index is 2.74. The lowest BCUT2D eigenvalue weighted by Crippen LogP contribution is -2.61. The van der Waals surface area contributed by atoms with Gasteiger partial charge in [0.05, 0.1) is 5.00 Å². The first-order valence-electron chi connectivity index (χ1n) is 26.7. The van der Waals surface area contributed by atoms with Crippen molar-refractivity contribution < 1.29 is 0 Å². The molecule has 4 heteroatoms. The second kappa shape index (κ2) is 14.8. The molecular weight excluding hydrogens is 864 g/mol. The quantitative estimate of drug-likeness (QED) is 0.163. The van der Waals surface area contributed by atoms with Crippen LogP contribution in [0.5, 0.6) is 0 Å².